The number of rotatable bonds is 5. The third-order valence-electron chi connectivity index (χ3n) is 2.14. The van der Waals surface area contributed by atoms with Crippen molar-refractivity contribution in [2.75, 3.05) is 19.3 Å². The highest BCUT2D eigenvalue weighted by atomic mass is 32.2. The van der Waals surface area contributed by atoms with Crippen molar-refractivity contribution >= 4 is 17.7 Å². The van der Waals surface area contributed by atoms with Gasteiger partial charge in [-0.05, 0) is 11.8 Å². The molecule has 0 aliphatic rings. The highest BCUT2D eigenvalue weighted by Gasteiger charge is 2.30. The van der Waals surface area contributed by atoms with Crippen LogP contribution in [0.5, 0.6) is 0 Å². The molecule has 0 aliphatic heterocycles. The Hall–Kier alpha value is -1.32. The summed E-state index contributed by atoms with van der Waals surface area (Å²) < 4.78 is 35.8. The Morgan fingerprint density at radius 2 is 2.22 bits per heavy atom. The van der Waals surface area contributed by atoms with E-state index in [1.807, 2.05) is 0 Å². The third-order valence-corrected chi connectivity index (χ3v) is 2.85. The van der Waals surface area contributed by atoms with Crippen molar-refractivity contribution in [3.8, 4) is 0 Å². The molecule has 0 bridgehead atoms. The number of halogens is 3. The monoisotopic (exact) mass is 283 g/mol. The number of aromatic nitrogens is 4. The van der Waals surface area contributed by atoms with Gasteiger partial charge in [0.1, 0.15) is 0 Å². The molecule has 1 rings (SSSR count). The van der Waals surface area contributed by atoms with Crippen LogP contribution in [-0.4, -0.2) is 56.3 Å². The molecule has 1 heterocycles. The summed E-state index contributed by atoms with van der Waals surface area (Å²) in [6.45, 7) is 1.99. The van der Waals surface area contributed by atoms with Gasteiger partial charge < -0.3 is 4.90 Å². The Morgan fingerprint density at radius 3 is 2.72 bits per heavy atom. The number of nitrogens with zero attached hydrogens (tertiary/aromatic N) is 4. The summed E-state index contributed by atoms with van der Waals surface area (Å²) in [7, 11) is 1.44. The fourth-order valence-electron chi connectivity index (χ4n) is 1.23. The molecule has 0 aliphatic carbocycles. The Kier molecular flexibility index (Phi) is 4.93. The van der Waals surface area contributed by atoms with Crippen LogP contribution in [0.1, 0.15) is 18.7 Å². The molecule has 0 spiro atoms. The van der Waals surface area contributed by atoms with Gasteiger partial charge >= 0.3 is 5.51 Å². The van der Waals surface area contributed by atoms with Gasteiger partial charge in [-0.2, -0.15) is 18.4 Å². The predicted molar refractivity (Wildman–Crippen MR) is 58.7 cm³/mol. The van der Waals surface area contributed by atoms with Crippen molar-refractivity contribution in [1.82, 2.24) is 25.5 Å². The number of alkyl halides is 3. The minimum Gasteiger partial charge on any atom is -0.344 e. The van der Waals surface area contributed by atoms with Crippen LogP contribution in [0.2, 0.25) is 0 Å². The minimum atomic E-state index is -4.39. The smallest absolute Gasteiger partial charge is 0.344 e. The topological polar surface area (TPSA) is 74.8 Å². The number of carbonyl (C=O) groups is 1. The zero-order valence-electron chi connectivity index (χ0n) is 9.73. The van der Waals surface area contributed by atoms with Crippen LogP contribution < -0.4 is 0 Å². The molecule has 1 aromatic rings. The molecular formula is C8H12F3N5OS. The van der Waals surface area contributed by atoms with E-state index in [-0.39, 0.29) is 24.2 Å². The van der Waals surface area contributed by atoms with E-state index in [1.54, 1.807) is 6.92 Å². The van der Waals surface area contributed by atoms with Gasteiger partial charge in [-0.1, -0.05) is 12.1 Å². The Balaban J connectivity index is 2.40. The standard InChI is InChI=1S/C8H12F3N5OS/c1-5(7-12-14-15-13-7)3-16(2)6(17)4-18-8(9,10)11/h5H,3-4H2,1-2H3,(H,12,13,14,15)/t5-/m1/s1. The summed E-state index contributed by atoms with van der Waals surface area (Å²) in [4.78, 5) is 12.7. The van der Waals surface area contributed by atoms with E-state index in [1.165, 1.54) is 11.9 Å². The summed E-state index contributed by atoms with van der Waals surface area (Å²) in [5.41, 5.74) is -4.39. The second-order valence-corrected chi connectivity index (χ2v) is 4.72. The van der Waals surface area contributed by atoms with Crippen molar-refractivity contribution in [1.29, 1.82) is 0 Å². The maximum Gasteiger partial charge on any atom is 0.442 e. The predicted octanol–water partition coefficient (Wildman–Crippen LogP) is 1.01. The van der Waals surface area contributed by atoms with E-state index in [4.69, 9.17) is 0 Å². The Labute approximate surface area is 105 Å². The van der Waals surface area contributed by atoms with Crippen molar-refractivity contribution < 1.29 is 18.0 Å². The van der Waals surface area contributed by atoms with Gasteiger partial charge in [0.25, 0.3) is 0 Å². The first-order valence-electron chi connectivity index (χ1n) is 4.97. The fraction of sp³-hybridized carbons (Fsp3) is 0.750. The van der Waals surface area contributed by atoms with E-state index in [0.717, 1.165) is 0 Å². The van der Waals surface area contributed by atoms with Crippen LogP contribution in [0.4, 0.5) is 13.2 Å². The number of amides is 1. The van der Waals surface area contributed by atoms with Crippen molar-refractivity contribution in [3.63, 3.8) is 0 Å². The SMILES string of the molecule is C[C@H](CN(C)C(=O)CSC(F)(F)F)c1nn[nH]n1. The first-order valence-corrected chi connectivity index (χ1v) is 5.96. The lowest BCUT2D eigenvalue weighted by molar-refractivity contribution is -0.127. The average Bonchev–Trinajstić information content (AvgIpc) is 2.77. The number of likely N-dealkylation sites (N-methyl/N-ethyl adjacent to an activating group) is 1. The molecule has 102 valence electrons. The molecule has 1 N–H and O–H groups in total. The minimum absolute atomic E-state index is 0.200. The molecule has 0 saturated heterocycles. The van der Waals surface area contributed by atoms with E-state index in [0.29, 0.717) is 5.82 Å². The van der Waals surface area contributed by atoms with E-state index in [9.17, 15) is 18.0 Å². The molecule has 0 unspecified atom stereocenters. The van der Waals surface area contributed by atoms with Gasteiger partial charge in [-0.15, -0.1) is 10.2 Å². The summed E-state index contributed by atoms with van der Waals surface area (Å²) in [6, 6.07) is 0. The van der Waals surface area contributed by atoms with Crippen LogP contribution in [0.15, 0.2) is 0 Å². The molecule has 1 atom stereocenters. The zero-order chi connectivity index (χ0) is 13.8. The number of tetrazole rings is 1. The van der Waals surface area contributed by atoms with Crippen molar-refractivity contribution in [2.24, 2.45) is 0 Å². The van der Waals surface area contributed by atoms with Gasteiger partial charge in [0.05, 0.1) is 5.75 Å². The lowest BCUT2D eigenvalue weighted by Crippen LogP contribution is -2.32. The summed E-state index contributed by atoms with van der Waals surface area (Å²) in [5.74, 6) is -1.00. The Bertz CT molecular complexity index is 383. The summed E-state index contributed by atoms with van der Waals surface area (Å²) in [5, 5.41) is 13.1. The maximum absolute atomic E-state index is 11.9. The average molecular weight is 283 g/mol. The number of nitrogens with one attached hydrogen (secondary N) is 1. The third kappa shape index (κ3) is 4.90. The number of thioether (sulfide) groups is 1. The molecule has 0 aromatic carbocycles. The van der Waals surface area contributed by atoms with Crippen molar-refractivity contribution in [2.45, 2.75) is 18.3 Å². The summed E-state index contributed by atoms with van der Waals surface area (Å²) in [6.07, 6.45) is 0. The molecule has 0 radical (unpaired) electrons. The van der Waals surface area contributed by atoms with Crippen LogP contribution in [0.25, 0.3) is 0 Å². The summed E-state index contributed by atoms with van der Waals surface area (Å²) >= 11 is -0.346. The largest absolute Gasteiger partial charge is 0.442 e. The van der Waals surface area contributed by atoms with E-state index < -0.39 is 17.2 Å². The molecule has 1 amide bonds. The lowest BCUT2D eigenvalue weighted by Gasteiger charge is -2.19. The second kappa shape index (κ2) is 6.03. The molecule has 18 heavy (non-hydrogen) atoms. The highest BCUT2D eigenvalue weighted by Crippen LogP contribution is 2.30. The molecule has 0 saturated carbocycles. The van der Waals surface area contributed by atoms with Gasteiger partial charge in [-0.25, -0.2) is 0 Å². The van der Waals surface area contributed by atoms with Gasteiger partial charge in [-0.3, -0.25) is 4.79 Å². The van der Waals surface area contributed by atoms with Gasteiger partial charge in [0, 0.05) is 19.5 Å². The van der Waals surface area contributed by atoms with Crippen LogP contribution >= 0.6 is 11.8 Å². The van der Waals surface area contributed by atoms with E-state index >= 15 is 0 Å². The second-order valence-electron chi connectivity index (χ2n) is 3.68. The fourth-order valence-corrected chi connectivity index (χ4v) is 1.73. The van der Waals surface area contributed by atoms with E-state index in [2.05, 4.69) is 20.6 Å². The van der Waals surface area contributed by atoms with Crippen LogP contribution in [0, 0.1) is 0 Å². The maximum atomic E-state index is 11.9. The number of H-pyrrole nitrogens is 1. The molecule has 10 heteroatoms. The van der Waals surface area contributed by atoms with Crippen molar-refractivity contribution in [3.05, 3.63) is 5.82 Å². The number of carbonyl (C=O) groups excluding carboxylic acids is 1. The Morgan fingerprint density at radius 1 is 1.56 bits per heavy atom. The van der Waals surface area contributed by atoms with Gasteiger partial charge in [0.15, 0.2) is 5.82 Å². The normalized spacial score (nSPS) is 13.4. The van der Waals surface area contributed by atoms with Gasteiger partial charge in [0.2, 0.25) is 5.91 Å². The number of aromatic amines is 1. The molecular weight excluding hydrogens is 271 g/mol. The highest BCUT2D eigenvalue weighted by molar-refractivity contribution is 8.00. The van der Waals surface area contributed by atoms with Crippen LogP contribution in [-0.2, 0) is 4.79 Å². The number of hydrogen-bond acceptors (Lipinski definition) is 5. The molecule has 6 nitrogen and oxygen atoms in total. The molecule has 1 aromatic heterocycles. The van der Waals surface area contributed by atoms with Crippen LogP contribution in [0.3, 0.4) is 0 Å². The first-order chi connectivity index (χ1) is 8.29. The first kappa shape index (κ1) is 14.7. The molecule has 0 fully saturated rings. The lowest BCUT2D eigenvalue weighted by atomic mass is 10.1. The zero-order valence-corrected chi connectivity index (χ0v) is 10.5. The quantitative estimate of drug-likeness (QED) is 0.873. The number of hydrogen-bond donors (Lipinski definition) is 1.